The number of benzene rings is 2. The minimum atomic E-state index is -0.313. The molecule has 29 heavy (non-hydrogen) atoms. The Bertz CT molecular complexity index is 800. The highest BCUT2D eigenvalue weighted by atomic mass is 16.5. The number of carbonyl (C=O) groups excluding carboxylic acids is 1. The van der Waals surface area contributed by atoms with E-state index in [9.17, 15) is 9.90 Å². The number of aromatic hydroxyl groups is 1. The predicted molar refractivity (Wildman–Crippen MR) is 116 cm³/mol. The molecule has 0 heterocycles. The van der Waals surface area contributed by atoms with Gasteiger partial charge in [0.25, 0.3) is 0 Å². The average Bonchev–Trinajstić information content (AvgIpc) is 2.73. The zero-order valence-electron chi connectivity index (χ0n) is 17.7. The summed E-state index contributed by atoms with van der Waals surface area (Å²) in [5, 5.41) is 18.4. The van der Waals surface area contributed by atoms with E-state index >= 15 is 0 Å². The number of hydrogen-bond donors (Lipinski definition) is 1. The van der Waals surface area contributed by atoms with Gasteiger partial charge in [0.1, 0.15) is 17.2 Å². The molecule has 2 aromatic rings. The molecule has 0 aliphatic rings. The number of azo groups is 1. The molecule has 5 nitrogen and oxygen atoms in total. The van der Waals surface area contributed by atoms with Gasteiger partial charge in [-0.2, -0.15) is 5.11 Å². The van der Waals surface area contributed by atoms with Crippen molar-refractivity contribution in [2.24, 2.45) is 16.1 Å². The van der Waals surface area contributed by atoms with Gasteiger partial charge in [0.15, 0.2) is 0 Å². The van der Waals surface area contributed by atoms with Crippen LogP contribution in [-0.2, 0) is 11.2 Å². The molecule has 2 aromatic carbocycles. The Morgan fingerprint density at radius 3 is 2.38 bits per heavy atom. The highest BCUT2D eigenvalue weighted by Crippen LogP contribution is 2.32. The highest BCUT2D eigenvalue weighted by molar-refractivity contribution is 5.75. The van der Waals surface area contributed by atoms with Crippen LogP contribution in [0.15, 0.2) is 52.7 Å². The summed E-state index contributed by atoms with van der Waals surface area (Å²) in [6, 6.07) is 12.6. The number of phenolic OH excluding ortho intramolecular Hbond substituents is 1. The second-order valence-electron chi connectivity index (χ2n) is 7.41. The van der Waals surface area contributed by atoms with Gasteiger partial charge in [0.05, 0.1) is 11.6 Å². The lowest BCUT2D eigenvalue weighted by Gasteiger charge is -2.09. The molecule has 1 N–H and O–H groups in total. The summed E-state index contributed by atoms with van der Waals surface area (Å²) in [5.41, 5.74) is 2.36. The Kier molecular flexibility index (Phi) is 9.35. The molecule has 0 aliphatic heterocycles. The van der Waals surface area contributed by atoms with Gasteiger partial charge in [0, 0.05) is 6.07 Å². The zero-order chi connectivity index (χ0) is 21.1. The third kappa shape index (κ3) is 7.68. The minimum Gasteiger partial charge on any atom is -0.505 e. The van der Waals surface area contributed by atoms with Gasteiger partial charge in [-0.15, -0.1) is 5.11 Å². The number of aryl methyl sites for hydroxylation is 1. The number of hydrogen-bond acceptors (Lipinski definition) is 5. The van der Waals surface area contributed by atoms with E-state index in [1.165, 1.54) is 43.7 Å². The van der Waals surface area contributed by atoms with E-state index in [0.29, 0.717) is 17.9 Å². The molecule has 1 unspecified atom stereocenters. The number of nitrogens with zero attached hydrogens (tertiary/aromatic N) is 2. The predicted octanol–water partition coefficient (Wildman–Crippen LogP) is 7.27. The van der Waals surface area contributed by atoms with Crippen LogP contribution in [0.25, 0.3) is 0 Å². The van der Waals surface area contributed by atoms with Gasteiger partial charge < -0.3 is 9.84 Å². The SMILES string of the molecule is CCCCCCCc1ccc(/N=N/c2ccc(OC(=O)C(C)CC)cc2O)cc1. The fraction of sp³-hybridized carbons (Fsp3) is 0.458. The van der Waals surface area contributed by atoms with Crippen LogP contribution in [0.1, 0.15) is 64.9 Å². The molecule has 0 aromatic heterocycles. The first kappa shape index (κ1) is 22.6. The van der Waals surface area contributed by atoms with Crippen molar-refractivity contribution >= 4 is 17.3 Å². The lowest BCUT2D eigenvalue weighted by atomic mass is 10.1. The van der Waals surface area contributed by atoms with Gasteiger partial charge in [-0.1, -0.05) is 58.6 Å². The van der Waals surface area contributed by atoms with Crippen molar-refractivity contribution in [1.82, 2.24) is 0 Å². The molecule has 5 heteroatoms. The van der Waals surface area contributed by atoms with E-state index in [-0.39, 0.29) is 17.6 Å². The minimum absolute atomic E-state index is 0.0769. The van der Waals surface area contributed by atoms with E-state index in [1.807, 2.05) is 26.0 Å². The molecule has 0 radical (unpaired) electrons. The lowest BCUT2D eigenvalue weighted by Crippen LogP contribution is -2.16. The maximum atomic E-state index is 11.8. The van der Waals surface area contributed by atoms with Gasteiger partial charge in [-0.25, -0.2) is 0 Å². The van der Waals surface area contributed by atoms with Crippen molar-refractivity contribution in [3.8, 4) is 11.5 Å². The molecule has 0 spiro atoms. The number of ether oxygens (including phenoxy) is 1. The maximum Gasteiger partial charge on any atom is 0.314 e. The fourth-order valence-corrected chi connectivity index (χ4v) is 2.81. The van der Waals surface area contributed by atoms with E-state index < -0.39 is 0 Å². The van der Waals surface area contributed by atoms with E-state index in [4.69, 9.17) is 4.74 Å². The van der Waals surface area contributed by atoms with Crippen LogP contribution in [0.3, 0.4) is 0 Å². The number of phenols is 1. The van der Waals surface area contributed by atoms with Crippen molar-refractivity contribution in [2.75, 3.05) is 0 Å². The van der Waals surface area contributed by atoms with Crippen molar-refractivity contribution in [1.29, 1.82) is 0 Å². The second kappa shape index (κ2) is 12.0. The first-order valence-electron chi connectivity index (χ1n) is 10.6. The molecule has 0 amide bonds. The molecule has 0 bridgehead atoms. The van der Waals surface area contributed by atoms with Crippen LogP contribution in [0.5, 0.6) is 11.5 Å². The van der Waals surface area contributed by atoms with Gasteiger partial charge in [0.2, 0.25) is 0 Å². The molecule has 0 saturated carbocycles. The van der Waals surface area contributed by atoms with Crippen LogP contribution in [0.2, 0.25) is 0 Å². The summed E-state index contributed by atoms with van der Waals surface area (Å²) in [4.78, 5) is 11.8. The molecule has 1 atom stereocenters. The second-order valence-corrected chi connectivity index (χ2v) is 7.41. The molecular formula is C24H32N2O3. The zero-order valence-corrected chi connectivity index (χ0v) is 17.7. The van der Waals surface area contributed by atoms with E-state index in [0.717, 1.165) is 12.1 Å². The lowest BCUT2D eigenvalue weighted by molar-refractivity contribution is -0.138. The third-order valence-electron chi connectivity index (χ3n) is 4.96. The van der Waals surface area contributed by atoms with Crippen LogP contribution < -0.4 is 4.74 Å². The number of rotatable bonds is 11. The van der Waals surface area contributed by atoms with Gasteiger partial charge in [-0.05, 0) is 49.1 Å². The first-order valence-corrected chi connectivity index (χ1v) is 10.6. The van der Waals surface area contributed by atoms with Crippen LogP contribution in [0.4, 0.5) is 11.4 Å². The normalized spacial score (nSPS) is 12.2. The summed E-state index contributed by atoms with van der Waals surface area (Å²) in [6.45, 7) is 5.96. The summed E-state index contributed by atoms with van der Waals surface area (Å²) in [6.07, 6.45) is 8.16. The first-order chi connectivity index (χ1) is 14.0. The molecule has 2 rings (SSSR count). The largest absolute Gasteiger partial charge is 0.505 e. The summed E-state index contributed by atoms with van der Waals surface area (Å²) in [7, 11) is 0. The van der Waals surface area contributed by atoms with Gasteiger partial charge >= 0.3 is 5.97 Å². The van der Waals surface area contributed by atoms with Crippen molar-refractivity contribution < 1.29 is 14.6 Å². The summed E-state index contributed by atoms with van der Waals surface area (Å²) >= 11 is 0. The van der Waals surface area contributed by atoms with E-state index in [2.05, 4.69) is 29.3 Å². The standard InChI is InChI=1S/C24H32N2O3/c1-4-6-7-8-9-10-19-11-13-20(14-12-19)25-26-22-16-15-21(17-23(22)27)29-24(28)18(3)5-2/h11-18,27H,4-10H2,1-3H3/b26-25+. The van der Waals surface area contributed by atoms with Crippen molar-refractivity contribution in [3.63, 3.8) is 0 Å². The Morgan fingerprint density at radius 2 is 1.72 bits per heavy atom. The summed E-state index contributed by atoms with van der Waals surface area (Å²) < 4.78 is 5.26. The molecule has 0 aliphatic carbocycles. The Morgan fingerprint density at radius 1 is 1.00 bits per heavy atom. The van der Waals surface area contributed by atoms with Crippen molar-refractivity contribution in [3.05, 3.63) is 48.0 Å². The fourth-order valence-electron chi connectivity index (χ4n) is 2.81. The topological polar surface area (TPSA) is 71.2 Å². The van der Waals surface area contributed by atoms with Crippen molar-refractivity contribution in [2.45, 2.75) is 65.7 Å². The smallest absolute Gasteiger partial charge is 0.314 e. The third-order valence-corrected chi connectivity index (χ3v) is 4.96. The molecule has 0 fully saturated rings. The molecular weight excluding hydrogens is 364 g/mol. The van der Waals surface area contributed by atoms with Gasteiger partial charge in [-0.3, -0.25) is 4.79 Å². The highest BCUT2D eigenvalue weighted by Gasteiger charge is 2.14. The Hall–Kier alpha value is -2.69. The average molecular weight is 397 g/mol. The maximum absolute atomic E-state index is 11.8. The monoisotopic (exact) mass is 396 g/mol. The van der Waals surface area contributed by atoms with Crippen LogP contribution >= 0.6 is 0 Å². The van der Waals surface area contributed by atoms with E-state index in [1.54, 1.807) is 12.1 Å². The Balaban J connectivity index is 1.91. The summed E-state index contributed by atoms with van der Waals surface area (Å²) in [5.74, 6) is -0.274. The number of esters is 1. The number of carbonyl (C=O) groups is 1. The van der Waals surface area contributed by atoms with Crippen LogP contribution in [-0.4, -0.2) is 11.1 Å². The molecule has 0 saturated heterocycles. The van der Waals surface area contributed by atoms with Crippen LogP contribution in [0, 0.1) is 5.92 Å². The number of unbranched alkanes of at least 4 members (excludes halogenated alkanes) is 4. The quantitative estimate of drug-likeness (QED) is 0.188. The Labute approximate surface area is 173 Å². The molecule has 156 valence electrons.